The zero-order valence-corrected chi connectivity index (χ0v) is 15.3. The number of fused-ring (bicyclic) bond motifs is 1. The molecular weight excluding hydrogens is 362 g/mol. The van der Waals surface area contributed by atoms with Gasteiger partial charge < -0.3 is 14.7 Å². The second-order valence-electron chi connectivity index (χ2n) is 6.45. The Labute approximate surface area is 160 Å². The van der Waals surface area contributed by atoms with E-state index in [0.717, 1.165) is 11.3 Å². The van der Waals surface area contributed by atoms with E-state index < -0.39 is 0 Å². The van der Waals surface area contributed by atoms with Gasteiger partial charge in [-0.3, -0.25) is 19.7 Å². The summed E-state index contributed by atoms with van der Waals surface area (Å²) in [5.41, 5.74) is 2.68. The van der Waals surface area contributed by atoms with E-state index in [2.05, 4.69) is 30.6 Å². The van der Waals surface area contributed by atoms with E-state index >= 15 is 0 Å². The smallest absolute Gasteiger partial charge is 0.272 e. The highest BCUT2D eigenvalue weighted by Gasteiger charge is 2.26. The Morgan fingerprint density at radius 2 is 2.25 bits per heavy atom. The second kappa shape index (κ2) is 7.59. The van der Waals surface area contributed by atoms with Crippen LogP contribution >= 0.6 is 0 Å². The lowest BCUT2D eigenvalue weighted by atomic mass is 10.0. The van der Waals surface area contributed by atoms with E-state index in [1.165, 1.54) is 6.92 Å². The Hall–Kier alpha value is -3.56. The lowest BCUT2D eigenvalue weighted by molar-refractivity contribution is -0.129. The minimum absolute atomic E-state index is 0.0101. The molecule has 1 aliphatic heterocycles. The summed E-state index contributed by atoms with van der Waals surface area (Å²) < 4.78 is 5.20. The first kappa shape index (κ1) is 17.8. The fraction of sp³-hybridized carbons (Fsp3) is 0.333. The van der Waals surface area contributed by atoms with Gasteiger partial charge in [-0.1, -0.05) is 11.2 Å². The van der Waals surface area contributed by atoms with Gasteiger partial charge in [0.2, 0.25) is 17.6 Å². The average molecular weight is 381 g/mol. The van der Waals surface area contributed by atoms with Crippen molar-refractivity contribution in [1.82, 2.24) is 35.5 Å². The highest BCUT2D eigenvalue weighted by molar-refractivity contribution is 5.94. The van der Waals surface area contributed by atoms with Crippen molar-refractivity contribution in [2.24, 2.45) is 0 Å². The average Bonchev–Trinajstić information content (AvgIpc) is 3.35. The van der Waals surface area contributed by atoms with Crippen molar-refractivity contribution in [1.29, 1.82) is 0 Å². The maximum absolute atomic E-state index is 12.5. The molecule has 0 fully saturated rings. The van der Waals surface area contributed by atoms with Crippen molar-refractivity contribution in [2.45, 2.75) is 26.3 Å². The normalized spacial score (nSPS) is 13.2. The minimum atomic E-state index is -0.266. The molecule has 3 aromatic rings. The number of nitrogens with one attached hydrogen (secondary N) is 2. The van der Waals surface area contributed by atoms with Gasteiger partial charge in [0.1, 0.15) is 5.69 Å². The van der Waals surface area contributed by atoms with Crippen LogP contribution in [0.1, 0.15) is 34.6 Å². The maximum atomic E-state index is 12.5. The van der Waals surface area contributed by atoms with Gasteiger partial charge in [0, 0.05) is 38.2 Å². The molecule has 1 aliphatic rings. The molecular formula is C18H19N7O3. The quantitative estimate of drug-likeness (QED) is 0.666. The molecule has 10 heteroatoms. The predicted molar refractivity (Wildman–Crippen MR) is 96.9 cm³/mol. The number of H-pyrrole nitrogens is 1. The highest BCUT2D eigenvalue weighted by atomic mass is 16.5. The van der Waals surface area contributed by atoms with Crippen molar-refractivity contribution in [2.75, 3.05) is 13.1 Å². The fourth-order valence-electron chi connectivity index (χ4n) is 3.10. The van der Waals surface area contributed by atoms with Gasteiger partial charge in [-0.05, 0) is 18.6 Å². The third-order valence-corrected chi connectivity index (χ3v) is 4.58. The summed E-state index contributed by atoms with van der Waals surface area (Å²) >= 11 is 0. The second-order valence-corrected chi connectivity index (χ2v) is 6.45. The summed E-state index contributed by atoms with van der Waals surface area (Å²) in [7, 11) is 0. The topological polar surface area (TPSA) is 130 Å². The molecule has 4 rings (SSSR count). The molecule has 0 saturated heterocycles. The van der Waals surface area contributed by atoms with E-state index in [9.17, 15) is 9.59 Å². The van der Waals surface area contributed by atoms with Crippen LogP contribution in [0, 0.1) is 0 Å². The molecule has 0 unspecified atom stereocenters. The van der Waals surface area contributed by atoms with Gasteiger partial charge >= 0.3 is 0 Å². The lowest BCUT2D eigenvalue weighted by Gasteiger charge is -2.25. The summed E-state index contributed by atoms with van der Waals surface area (Å²) in [5, 5.41) is 13.7. The van der Waals surface area contributed by atoms with Gasteiger partial charge in [-0.25, -0.2) is 0 Å². The largest absolute Gasteiger partial charge is 0.350 e. The monoisotopic (exact) mass is 381 g/mol. The molecule has 28 heavy (non-hydrogen) atoms. The number of pyridine rings is 1. The van der Waals surface area contributed by atoms with E-state index in [4.69, 9.17) is 4.52 Å². The number of carbonyl (C=O) groups excluding carboxylic acids is 2. The van der Waals surface area contributed by atoms with Crippen LogP contribution in [0.25, 0.3) is 11.5 Å². The number of aromatic amines is 1. The summed E-state index contributed by atoms with van der Waals surface area (Å²) in [5.74, 6) is 0.578. The highest BCUT2D eigenvalue weighted by Crippen LogP contribution is 2.20. The van der Waals surface area contributed by atoms with Gasteiger partial charge in [0.05, 0.1) is 12.2 Å². The molecule has 2 amide bonds. The summed E-state index contributed by atoms with van der Waals surface area (Å²) in [6, 6.07) is 5.45. The minimum Gasteiger partial charge on any atom is -0.350 e. The maximum Gasteiger partial charge on any atom is 0.272 e. The summed E-state index contributed by atoms with van der Waals surface area (Å²) in [6.07, 6.45) is 2.66. The summed E-state index contributed by atoms with van der Waals surface area (Å²) in [4.78, 5) is 34.1. The molecule has 144 valence electrons. The number of aromatic nitrogens is 5. The van der Waals surface area contributed by atoms with Crippen molar-refractivity contribution >= 4 is 11.8 Å². The van der Waals surface area contributed by atoms with Crippen LogP contribution in [-0.2, 0) is 24.2 Å². The van der Waals surface area contributed by atoms with Gasteiger partial charge in [0.15, 0.2) is 5.69 Å². The molecule has 0 bridgehead atoms. The number of hydrogen-bond donors (Lipinski definition) is 2. The third kappa shape index (κ3) is 3.61. The molecule has 0 aliphatic carbocycles. The molecule has 4 heterocycles. The van der Waals surface area contributed by atoms with Gasteiger partial charge in [-0.15, -0.1) is 0 Å². The lowest BCUT2D eigenvalue weighted by Crippen LogP contribution is -2.35. The third-order valence-electron chi connectivity index (χ3n) is 4.58. The van der Waals surface area contributed by atoms with Crippen LogP contribution in [0.15, 0.2) is 28.9 Å². The fourth-order valence-corrected chi connectivity index (χ4v) is 3.10. The number of nitrogens with zero attached hydrogens (tertiary/aromatic N) is 5. The molecule has 2 N–H and O–H groups in total. The Balaban J connectivity index is 1.34. The first-order valence-electron chi connectivity index (χ1n) is 8.95. The van der Waals surface area contributed by atoms with Crippen molar-refractivity contribution in [3.63, 3.8) is 0 Å². The van der Waals surface area contributed by atoms with Crippen LogP contribution in [-0.4, -0.2) is 55.1 Å². The molecule has 0 radical (unpaired) electrons. The molecule has 10 nitrogen and oxygen atoms in total. The number of carbonyl (C=O) groups is 2. The predicted octanol–water partition coefficient (Wildman–Crippen LogP) is 0.732. The standard InChI is InChI=1S/C18H19N7O3/c1-11(26)25-9-6-12-14(10-25)22-23-16(12)18(27)20-8-5-15-21-17(24-28-15)13-4-2-3-7-19-13/h2-4,7H,5-6,8-10H2,1H3,(H,20,27)(H,22,23). The van der Waals surface area contributed by atoms with E-state index in [1.54, 1.807) is 17.2 Å². The number of hydrogen-bond acceptors (Lipinski definition) is 7. The van der Waals surface area contributed by atoms with Crippen molar-refractivity contribution < 1.29 is 14.1 Å². The van der Waals surface area contributed by atoms with Crippen molar-refractivity contribution in [3.05, 3.63) is 47.2 Å². The molecule has 3 aromatic heterocycles. The van der Waals surface area contributed by atoms with Crippen molar-refractivity contribution in [3.8, 4) is 11.5 Å². The van der Waals surface area contributed by atoms with E-state index in [1.807, 2.05) is 12.1 Å². The van der Waals surface area contributed by atoms with Crippen LogP contribution in [0.4, 0.5) is 0 Å². The van der Waals surface area contributed by atoms with Crippen LogP contribution < -0.4 is 5.32 Å². The zero-order chi connectivity index (χ0) is 19.5. The Morgan fingerprint density at radius 3 is 3.04 bits per heavy atom. The molecule has 0 atom stereocenters. The Bertz CT molecular complexity index is 996. The molecule has 0 spiro atoms. The van der Waals surface area contributed by atoms with Crippen LogP contribution in [0.2, 0.25) is 0 Å². The van der Waals surface area contributed by atoms with Crippen LogP contribution in [0.5, 0.6) is 0 Å². The van der Waals surface area contributed by atoms with Crippen LogP contribution in [0.3, 0.4) is 0 Å². The van der Waals surface area contributed by atoms with E-state index in [-0.39, 0.29) is 11.8 Å². The Morgan fingerprint density at radius 1 is 1.36 bits per heavy atom. The molecule has 0 aromatic carbocycles. The Kier molecular flexibility index (Phi) is 4.83. The zero-order valence-electron chi connectivity index (χ0n) is 15.3. The first-order chi connectivity index (χ1) is 13.6. The van der Waals surface area contributed by atoms with E-state index in [0.29, 0.717) is 55.6 Å². The van der Waals surface area contributed by atoms with Gasteiger partial charge in [-0.2, -0.15) is 10.1 Å². The first-order valence-corrected chi connectivity index (χ1v) is 8.95. The molecule has 0 saturated carbocycles. The summed E-state index contributed by atoms with van der Waals surface area (Å²) in [6.45, 7) is 2.90. The number of rotatable bonds is 5. The van der Waals surface area contributed by atoms with Gasteiger partial charge in [0.25, 0.3) is 5.91 Å². The SMILES string of the molecule is CC(=O)N1CCc2c(C(=O)NCCc3nc(-c4ccccn4)no3)n[nH]c2C1. The number of amides is 2.